The quantitative estimate of drug-likeness (QED) is 0.397. The summed E-state index contributed by atoms with van der Waals surface area (Å²) in [4.78, 5) is 4.71. The summed E-state index contributed by atoms with van der Waals surface area (Å²) in [5.74, 6) is 0. The number of nitrogens with one attached hydrogen (secondary N) is 1. The van der Waals surface area contributed by atoms with Crippen molar-refractivity contribution in [1.29, 1.82) is 0 Å². The first-order valence-corrected chi connectivity index (χ1v) is 8.67. The third kappa shape index (κ3) is 2.76. The number of hydrazone groups is 1. The summed E-state index contributed by atoms with van der Waals surface area (Å²) in [6.07, 6.45) is 1.85. The van der Waals surface area contributed by atoms with Crippen LogP contribution in [0.2, 0.25) is 0 Å². The van der Waals surface area contributed by atoms with Gasteiger partial charge in [-0.3, -0.25) is 5.43 Å². The highest BCUT2D eigenvalue weighted by Crippen LogP contribution is 2.31. The Morgan fingerprint density at radius 2 is 1.92 bits per heavy atom. The van der Waals surface area contributed by atoms with Gasteiger partial charge in [0, 0.05) is 5.39 Å². The molecule has 0 aliphatic carbocycles. The van der Waals surface area contributed by atoms with E-state index in [4.69, 9.17) is 4.98 Å². The Hall–Kier alpha value is -2.72. The second-order valence-corrected chi connectivity index (χ2v) is 6.91. The van der Waals surface area contributed by atoms with E-state index in [2.05, 4.69) is 66.8 Å². The highest BCUT2D eigenvalue weighted by atomic mass is 32.1. The molecule has 4 heteroatoms. The van der Waals surface area contributed by atoms with Crippen molar-refractivity contribution in [2.24, 2.45) is 5.10 Å². The van der Waals surface area contributed by atoms with E-state index >= 15 is 0 Å². The standard InChI is InChI=1S/C20H17N3S/c1-13-7-8-14(2)16(11-13)12-21-23-20-22-19-17-6-4-3-5-15(17)9-10-18(19)24-20/h3-12H,1-2H3,(H,22,23)/b21-12+. The molecule has 0 aliphatic heterocycles. The van der Waals surface area contributed by atoms with Gasteiger partial charge < -0.3 is 0 Å². The third-order valence-electron chi connectivity index (χ3n) is 4.08. The van der Waals surface area contributed by atoms with Crippen LogP contribution in [0.15, 0.2) is 59.7 Å². The zero-order chi connectivity index (χ0) is 16.5. The van der Waals surface area contributed by atoms with Crippen LogP contribution < -0.4 is 5.43 Å². The van der Waals surface area contributed by atoms with Gasteiger partial charge in [-0.2, -0.15) is 5.10 Å². The maximum Gasteiger partial charge on any atom is 0.204 e. The van der Waals surface area contributed by atoms with E-state index in [1.165, 1.54) is 21.9 Å². The van der Waals surface area contributed by atoms with Crippen LogP contribution in [0, 0.1) is 13.8 Å². The monoisotopic (exact) mass is 331 g/mol. The highest BCUT2D eigenvalue weighted by molar-refractivity contribution is 7.22. The molecule has 0 saturated carbocycles. The molecule has 1 heterocycles. The minimum Gasteiger partial charge on any atom is -0.253 e. The van der Waals surface area contributed by atoms with Crippen LogP contribution in [0.3, 0.4) is 0 Å². The Morgan fingerprint density at radius 1 is 1.04 bits per heavy atom. The molecule has 0 atom stereocenters. The second kappa shape index (κ2) is 6.06. The van der Waals surface area contributed by atoms with Gasteiger partial charge in [0.15, 0.2) is 0 Å². The summed E-state index contributed by atoms with van der Waals surface area (Å²) in [6.45, 7) is 4.17. The van der Waals surface area contributed by atoms with Crippen LogP contribution in [-0.2, 0) is 0 Å². The molecule has 0 amide bonds. The van der Waals surface area contributed by atoms with E-state index in [0.717, 1.165) is 20.9 Å². The van der Waals surface area contributed by atoms with Gasteiger partial charge in [-0.25, -0.2) is 4.98 Å². The molecule has 1 aromatic heterocycles. The molecule has 0 spiro atoms. The summed E-state index contributed by atoms with van der Waals surface area (Å²) in [5.41, 5.74) is 7.66. The Balaban J connectivity index is 1.64. The number of nitrogens with zero attached hydrogens (tertiary/aromatic N) is 2. The van der Waals surface area contributed by atoms with Crippen LogP contribution in [0.25, 0.3) is 21.0 Å². The van der Waals surface area contributed by atoms with E-state index in [-0.39, 0.29) is 0 Å². The highest BCUT2D eigenvalue weighted by Gasteiger charge is 2.06. The van der Waals surface area contributed by atoms with Gasteiger partial charge in [-0.15, -0.1) is 0 Å². The lowest BCUT2D eigenvalue weighted by Gasteiger charge is -2.01. The van der Waals surface area contributed by atoms with Crippen LogP contribution in [0.5, 0.6) is 0 Å². The predicted octanol–water partition coefficient (Wildman–Crippen LogP) is 5.51. The lowest BCUT2D eigenvalue weighted by atomic mass is 10.1. The first kappa shape index (κ1) is 14.8. The normalized spacial score (nSPS) is 11.6. The largest absolute Gasteiger partial charge is 0.253 e. The molecule has 24 heavy (non-hydrogen) atoms. The number of thiazole rings is 1. The molecule has 0 saturated heterocycles. The smallest absolute Gasteiger partial charge is 0.204 e. The summed E-state index contributed by atoms with van der Waals surface area (Å²) in [7, 11) is 0. The van der Waals surface area contributed by atoms with Crippen molar-refractivity contribution in [2.75, 3.05) is 5.43 Å². The molecule has 0 fully saturated rings. The van der Waals surface area contributed by atoms with Gasteiger partial charge >= 0.3 is 0 Å². The fraction of sp³-hybridized carbons (Fsp3) is 0.100. The summed E-state index contributed by atoms with van der Waals surface area (Å²) < 4.78 is 1.16. The topological polar surface area (TPSA) is 37.3 Å². The van der Waals surface area contributed by atoms with Crippen LogP contribution >= 0.6 is 11.3 Å². The molecule has 3 aromatic carbocycles. The fourth-order valence-electron chi connectivity index (χ4n) is 2.77. The number of aryl methyl sites for hydroxylation is 2. The molecule has 0 aliphatic rings. The SMILES string of the molecule is Cc1ccc(C)c(/C=N/Nc2nc3c(ccc4ccccc43)s2)c1. The summed E-state index contributed by atoms with van der Waals surface area (Å²) in [6, 6.07) is 18.9. The zero-order valence-corrected chi connectivity index (χ0v) is 14.4. The zero-order valence-electron chi connectivity index (χ0n) is 13.6. The third-order valence-corrected chi connectivity index (χ3v) is 5.01. The van der Waals surface area contributed by atoms with Gasteiger partial charge in [0.25, 0.3) is 0 Å². The Morgan fingerprint density at radius 3 is 2.83 bits per heavy atom. The molecule has 4 rings (SSSR count). The maximum atomic E-state index is 4.71. The predicted molar refractivity (Wildman–Crippen MR) is 104 cm³/mol. The number of hydrogen-bond acceptors (Lipinski definition) is 4. The van der Waals surface area contributed by atoms with E-state index in [1.807, 2.05) is 18.3 Å². The Kier molecular flexibility index (Phi) is 3.75. The lowest BCUT2D eigenvalue weighted by molar-refractivity contribution is 1.30. The molecule has 0 bridgehead atoms. The van der Waals surface area contributed by atoms with Crippen molar-refractivity contribution < 1.29 is 0 Å². The van der Waals surface area contributed by atoms with Crippen molar-refractivity contribution in [3.8, 4) is 0 Å². The molecule has 3 nitrogen and oxygen atoms in total. The molecular formula is C20H17N3S. The van der Waals surface area contributed by atoms with Gasteiger partial charge in [-0.1, -0.05) is 65.4 Å². The van der Waals surface area contributed by atoms with Crippen molar-refractivity contribution in [3.63, 3.8) is 0 Å². The molecule has 1 N–H and O–H groups in total. The molecule has 0 unspecified atom stereocenters. The van der Waals surface area contributed by atoms with E-state index in [1.54, 1.807) is 11.3 Å². The van der Waals surface area contributed by atoms with Crippen LogP contribution in [0.1, 0.15) is 16.7 Å². The van der Waals surface area contributed by atoms with Crippen molar-refractivity contribution in [2.45, 2.75) is 13.8 Å². The van der Waals surface area contributed by atoms with Gasteiger partial charge in [0.05, 0.1) is 16.4 Å². The van der Waals surface area contributed by atoms with Gasteiger partial charge in [-0.05, 0) is 36.4 Å². The van der Waals surface area contributed by atoms with Crippen LogP contribution in [0.4, 0.5) is 5.13 Å². The minimum absolute atomic E-state index is 0.808. The molecule has 0 radical (unpaired) electrons. The number of anilines is 1. The van der Waals surface area contributed by atoms with Gasteiger partial charge in [0.1, 0.15) is 0 Å². The van der Waals surface area contributed by atoms with Crippen molar-refractivity contribution in [3.05, 3.63) is 71.3 Å². The van der Waals surface area contributed by atoms with E-state index < -0.39 is 0 Å². The number of aromatic nitrogens is 1. The maximum absolute atomic E-state index is 4.71. The second-order valence-electron chi connectivity index (χ2n) is 5.88. The van der Waals surface area contributed by atoms with Crippen molar-refractivity contribution >= 4 is 43.7 Å². The number of fused-ring (bicyclic) bond motifs is 3. The van der Waals surface area contributed by atoms with Crippen molar-refractivity contribution in [1.82, 2.24) is 4.98 Å². The first-order chi connectivity index (χ1) is 11.7. The Labute approximate surface area is 144 Å². The number of benzene rings is 3. The first-order valence-electron chi connectivity index (χ1n) is 7.85. The average Bonchev–Trinajstić information content (AvgIpc) is 3.01. The van der Waals surface area contributed by atoms with E-state index in [0.29, 0.717) is 0 Å². The van der Waals surface area contributed by atoms with E-state index in [9.17, 15) is 0 Å². The van der Waals surface area contributed by atoms with Crippen LogP contribution in [-0.4, -0.2) is 11.2 Å². The Bertz CT molecular complexity index is 1060. The minimum atomic E-state index is 0.808. The van der Waals surface area contributed by atoms with Gasteiger partial charge in [0.2, 0.25) is 5.13 Å². The fourth-order valence-corrected chi connectivity index (χ4v) is 3.60. The molecule has 118 valence electrons. The number of hydrogen-bond donors (Lipinski definition) is 1. The summed E-state index contributed by atoms with van der Waals surface area (Å²) >= 11 is 1.62. The lowest BCUT2D eigenvalue weighted by Crippen LogP contribution is -1.92. The number of rotatable bonds is 3. The average molecular weight is 331 g/mol. The molecular weight excluding hydrogens is 314 g/mol. The molecule has 4 aromatic rings. The summed E-state index contributed by atoms with van der Waals surface area (Å²) in [5, 5.41) is 7.56.